The lowest BCUT2D eigenvalue weighted by atomic mass is 10.0. The van der Waals surface area contributed by atoms with Crippen LogP contribution in [0, 0.1) is 5.82 Å². The predicted molar refractivity (Wildman–Crippen MR) is 156 cm³/mol. The number of allylic oxidation sites excluding steroid dienone is 1. The van der Waals surface area contributed by atoms with E-state index in [4.69, 9.17) is 11.6 Å². The molecular weight excluding hydrogens is 602 g/mol. The fourth-order valence-corrected chi connectivity index (χ4v) is 6.74. The van der Waals surface area contributed by atoms with Gasteiger partial charge in [0.2, 0.25) is 0 Å². The molecule has 41 heavy (non-hydrogen) atoms. The summed E-state index contributed by atoms with van der Waals surface area (Å²) in [6.45, 7) is 2.76. The van der Waals surface area contributed by atoms with Gasteiger partial charge in [0.25, 0.3) is 10.0 Å². The Kier molecular flexibility index (Phi) is 9.29. The van der Waals surface area contributed by atoms with E-state index in [1.165, 1.54) is 12.1 Å². The van der Waals surface area contributed by atoms with E-state index >= 15 is 0 Å². The second-order valence-electron chi connectivity index (χ2n) is 9.54. The lowest BCUT2D eigenvalue weighted by Gasteiger charge is -2.38. The molecule has 6 nitrogen and oxygen atoms in total. The number of sulfonamides is 1. The van der Waals surface area contributed by atoms with Gasteiger partial charge in [-0.1, -0.05) is 35.9 Å². The molecule has 0 aromatic heterocycles. The molecule has 0 spiro atoms. The molecule has 0 aliphatic carbocycles. The number of hydrogen-bond donors (Lipinski definition) is 0. The van der Waals surface area contributed by atoms with Gasteiger partial charge in [-0.2, -0.15) is 13.2 Å². The number of likely N-dealkylation sites (N-methyl/N-ethyl adjacent to an activating group) is 1. The Hall–Kier alpha value is -2.77. The normalized spacial score (nSPS) is 15.3. The van der Waals surface area contributed by atoms with Crippen molar-refractivity contribution in [2.45, 2.75) is 18.0 Å². The van der Waals surface area contributed by atoms with Gasteiger partial charge in [-0.3, -0.25) is 4.31 Å². The number of nitrogens with zero attached hydrogens (tertiary/aromatic N) is 3. The number of alkyl halides is 3. The first kappa shape index (κ1) is 31.2. The molecule has 0 amide bonds. The van der Waals surface area contributed by atoms with Gasteiger partial charge in [-0.15, -0.1) is 4.31 Å². The topological polar surface area (TPSA) is 66.9 Å². The molecule has 1 unspecified atom stereocenters. The number of anilines is 2. The first-order chi connectivity index (χ1) is 19.2. The van der Waals surface area contributed by atoms with E-state index in [0.717, 1.165) is 22.5 Å². The average molecular weight is 630 g/mol. The molecule has 220 valence electrons. The van der Waals surface area contributed by atoms with Crippen LogP contribution in [0.1, 0.15) is 23.6 Å². The minimum Gasteiger partial charge on any atom is -0.598 e. The number of halogens is 5. The smallest absolute Gasteiger partial charge is 0.416 e. The van der Waals surface area contributed by atoms with Crippen LogP contribution in [0.15, 0.2) is 65.6 Å². The summed E-state index contributed by atoms with van der Waals surface area (Å²) in [5, 5.41) is 0.217. The largest absolute Gasteiger partial charge is 0.598 e. The van der Waals surface area contributed by atoms with Crippen LogP contribution in [-0.4, -0.2) is 56.8 Å². The molecule has 1 aliphatic rings. The SMILES string of the molecule is C/C(=C\c1ccc2c(c1)N(S(=O)(=O)c1cccc(C(F)(F)F)c1)CCN2CCN(C)[S+](C)[O-])c1c(F)cccc1Cl. The summed E-state index contributed by atoms with van der Waals surface area (Å²) >= 11 is 5.02. The Morgan fingerprint density at radius 3 is 2.46 bits per heavy atom. The summed E-state index contributed by atoms with van der Waals surface area (Å²) in [5.41, 5.74) is 0.981. The second kappa shape index (κ2) is 12.2. The number of benzene rings is 3. The summed E-state index contributed by atoms with van der Waals surface area (Å²) in [7, 11) is -2.69. The van der Waals surface area contributed by atoms with Crippen LogP contribution in [0.4, 0.5) is 28.9 Å². The van der Waals surface area contributed by atoms with Gasteiger partial charge in [0.1, 0.15) is 12.1 Å². The zero-order chi connectivity index (χ0) is 30.1. The highest BCUT2D eigenvalue weighted by molar-refractivity contribution is 7.92. The van der Waals surface area contributed by atoms with Crippen molar-refractivity contribution in [3.05, 3.63) is 88.2 Å². The highest BCUT2D eigenvalue weighted by atomic mass is 35.5. The molecular formula is C28H28ClF4N3O3S2. The molecule has 0 bridgehead atoms. The summed E-state index contributed by atoms with van der Waals surface area (Å²) < 4.78 is 96.7. The van der Waals surface area contributed by atoms with Crippen LogP contribution in [-0.2, 0) is 27.6 Å². The van der Waals surface area contributed by atoms with Crippen LogP contribution < -0.4 is 9.21 Å². The third kappa shape index (κ3) is 6.83. The lowest BCUT2D eigenvalue weighted by molar-refractivity contribution is -0.137. The first-order valence-corrected chi connectivity index (χ1v) is 15.8. The van der Waals surface area contributed by atoms with Crippen molar-refractivity contribution in [3.63, 3.8) is 0 Å². The molecule has 0 saturated heterocycles. The molecule has 0 fully saturated rings. The van der Waals surface area contributed by atoms with Gasteiger partial charge >= 0.3 is 6.18 Å². The average Bonchev–Trinajstić information content (AvgIpc) is 2.90. The summed E-state index contributed by atoms with van der Waals surface area (Å²) in [5.74, 6) is -0.512. The van der Waals surface area contributed by atoms with Crippen molar-refractivity contribution in [2.75, 3.05) is 48.7 Å². The Labute approximate surface area is 245 Å². The third-order valence-corrected chi connectivity index (χ3v) is 9.98. The van der Waals surface area contributed by atoms with Crippen molar-refractivity contribution in [2.24, 2.45) is 0 Å². The molecule has 13 heteroatoms. The fourth-order valence-electron chi connectivity index (χ4n) is 4.58. The quantitative estimate of drug-likeness (QED) is 0.166. The van der Waals surface area contributed by atoms with Crippen LogP contribution in [0.3, 0.4) is 0 Å². The van der Waals surface area contributed by atoms with Crippen LogP contribution in [0.5, 0.6) is 0 Å². The van der Waals surface area contributed by atoms with Gasteiger partial charge in [-0.05, 0) is 60.5 Å². The summed E-state index contributed by atoms with van der Waals surface area (Å²) in [6.07, 6.45) is -1.50. The number of fused-ring (bicyclic) bond motifs is 1. The van der Waals surface area contributed by atoms with Gasteiger partial charge in [0.05, 0.1) is 39.9 Å². The van der Waals surface area contributed by atoms with E-state index in [1.807, 2.05) is 4.90 Å². The maximum atomic E-state index is 14.5. The van der Waals surface area contributed by atoms with Gasteiger partial charge in [0.15, 0.2) is 0 Å². The van der Waals surface area contributed by atoms with E-state index in [0.29, 0.717) is 36.0 Å². The van der Waals surface area contributed by atoms with Crippen molar-refractivity contribution in [1.29, 1.82) is 0 Å². The fraction of sp³-hybridized carbons (Fsp3) is 0.286. The van der Waals surface area contributed by atoms with Crippen LogP contribution >= 0.6 is 11.6 Å². The van der Waals surface area contributed by atoms with Crippen molar-refractivity contribution in [3.8, 4) is 0 Å². The van der Waals surface area contributed by atoms with Gasteiger partial charge in [0, 0.05) is 37.1 Å². The monoisotopic (exact) mass is 629 g/mol. The molecule has 0 radical (unpaired) electrons. The van der Waals surface area contributed by atoms with E-state index in [9.17, 15) is 30.5 Å². The van der Waals surface area contributed by atoms with Crippen molar-refractivity contribution in [1.82, 2.24) is 4.31 Å². The number of rotatable bonds is 8. The zero-order valence-electron chi connectivity index (χ0n) is 22.5. The molecule has 3 aromatic carbocycles. The molecule has 1 heterocycles. The minimum absolute atomic E-state index is 0.0319. The first-order valence-electron chi connectivity index (χ1n) is 12.5. The van der Waals surface area contributed by atoms with Crippen LogP contribution in [0.2, 0.25) is 5.02 Å². The van der Waals surface area contributed by atoms with Crippen molar-refractivity contribution < 1.29 is 30.5 Å². The maximum Gasteiger partial charge on any atom is 0.416 e. The summed E-state index contributed by atoms with van der Waals surface area (Å²) in [6, 6.07) is 13.0. The van der Waals surface area contributed by atoms with E-state index in [-0.39, 0.29) is 29.4 Å². The Balaban J connectivity index is 1.79. The summed E-state index contributed by atoms with van der Waals surface area (Å²) in [4.78, 5) is 1.45. The Morgan fingerprint density at radius 2 is 1.80 bits per heavy atom. The highest BCUT2D eigenvalue weighted by Crippen LogP contribution is 2.39. The zero-order valence-corrected chi connectivity index (χ0v) is 24.8. The predicted octanol–water partition coefficient (Wildman–Crippen LogP) is 6.30. The maximum absolute atomic E-state index is 14.5. The van der Waals surface area contributed by atoms with E-state index < -0.39 is 43.8 Å². The van der Waals surface area contributed by atoms with E-state index in [2.05, 4.69) is 0 Å². The highest BCUT2D eigenvalue weighted by Gasteiger charge is 2.35. The van der Waals surface area contributed by atoms with Gasteiger partial charge in [-0.25, -0.2) is 12.8 Å². The molecule has 4 rings (SSSR count). The third-order valence-electron chi connectivity index (χ3n) is 6.80. The Bertz CT molecular complexity index is 1550. The molecule has 3 aromatic rings. The van der Waals surface area contributed by atoms with Gasteiger partial charge < -0.3 is 9.45 Å². The minimum atomic E-state index is -4.71. The van der Waals surface area contributed by atoms with Crippen LogP contribution in [0.25, 0.3) is 11.6 Å². The standard InChI is InChI=1S/C28H28ClF4N3O3S2/c1-19(27-23(29)8-5-9-24(27)30)16-20-10-11-25-26(17-20)36(15-14-35(25)13-12-34(2)40(3)37)41(38,39)22-7-4-6-21(18-22)28(31,32)33/h4-11,16-18H,12-15H2,1-3H3/b19-16+. The number of hydrogen-bond acceptors (Lipinski definition) is 5. The molecule has 1 atom stereocenters. The lowest BCUT2D eigenvalue weighted by Crippen LogP contribution is -2.46. The Morgan fingerprint density at radius 1 is 1.10 bits per heavy atom. The second-order valence-corrected chi connectivity index (χ2v) is 13.3. The van der Waals surface area contributed by atoms with Crippen molar-refractivity contribution >= 4 is 56.0 Å². The molecule has 0 saturated carbocycles. The molecule has 0 N–H and O–H groups in total. The van der Waals surface area contributed by atoms with E-state index in [1.54, 1.807) is 54.9 Å². The molecule has 1 aliphatic heterocycles.